The van der Waals surface area contributed by atoms with Gasteiger partial charge in [0.25, 0.3) is 0 Å². The monoisotopic (exact) mass is 404 g/mol. The molecule has 0 aliphatic rings. The lowest BCUT2D eigenvalue weighted by atomic mass is 10.1. The first-order valence-electron chi connectivity index (χ1n) is 9.93. The number of thiophene rings is 1. The van der Waals surface area contributed by atoms with Crippen molar-refractivity contribution in [1.29, 1.82) is 0 Å². The number of benzene rings is 3. The standard InChI is InChI=1S/C25H25OPS/c1-2-3-17-23(25-19-20-12-10-11-18-24(20)28-25)27(26,21-13-6-4-7-14-21)22-15-8-5-9-16-22/h4-16,18-19,23H,2-3,17H2,1H3. The van der Waals surface area contributed by atoms with Crippen LogP contribution in [0.25, 0.3) is 10.1 Å². The van der Waals surface area contributed by atoms with Crippen molar-refractivity contribution in [1.82, 2.24) is 0 Å². The molecule has 4 rings (SSSR count). The molecule has 142 valence electrons. The summed E-state index contributed by atoms with van der Waals surface area (Å²) >= 11 is 1.80. The molecule has 1 heterocycles. The predicted molar refractivity (Wildman–Crippen MR) is 124 cm³/mol. The van der Waals surface area contributed by atoms with Gasteiger partial charge in [-0.05, 0) is 23.9 Å². The van der Waals surface area contributed by atoms with E-state index in [0.717, 1.165) is 29.9 Å². The summed E-state index contributed by atoms with van der Waals surface area (Å²) in [6.07, 6.45) is 3.11. The molecule has 3 heteroatoms. The third-order valence-corrected chi connectivity index (χ3v) is 10.3. The molecule has 0 spiro atoms. The van der Waals surface area contributed by atoms with Crippen LogP contribution in [0.5, 0.6) is 0 Å². The van der Waals surface area contributed by atoms with Crippen LogP contribution in [0, 0.1) is 0 Å². The van der Waals surface area contributed by atoms with E-state index in [1.807, 2.05) is 60.7 Å². The van der Waals surface area contributed by atoms with Crippen LogP contribution in [-0.4, -0.2) is 0 Å². The quantitative estimate of drug-likeness (QED) is 0.299. The van der Waals surface area contributed by atoms with Crippen molar-refractivity contribution < 1.29 is 4.57 Å². The van der Waals surface area contributed by atoms with Crippen LogP contribution in [0.15, 0.2) is 91.0 Å². The van der Waals surface area contributed by atoms with E-state index >= 15 is 0 Å². The SMILES string of the molecule is CCCCC(c1cc2ccccc2s1)P(=O)(c1ccccc1)c1ccccc1. The van der Waals surface area contributed by atoms with E-state index in [0.29, 0.717) is 0 Å². The van der Waals surface area contributed by atoms with Gasteiger partial charge >= 0.3 is 0 Å². The lowest BCUT2D eigenvalue weighted by Crippen LogP contribution is -2.21. The molecule has 0 bridgehead atoms. The van der Waals surface area contributed by atoms with Crippen LogP contribution in [0.4, 0.5) is 0 Å². The Bertz CT molecular complexity index is 1010. The number of unbranched alkanes of at least 4 members (excludes halogenated alkanes) is 1. The van der Waals surface area contributed by atoms with Crippen LogP contribution >= 0.6 is 18.5 Å². The maximum atomic E-state index is 14.9. The molecule has 0 radical (unpaired) electrons. The summed E-state index contributed by atoms with van der Waals surface area (Å²) in [4.78, 5) is 1.24. The van der Waals surface area contributed by atoms with Gasteiger partial charge in [-0.3, -0.25) is 0 Å². The second-order valence-electron chi connectivity index (χ2n) is 7.17. The van der Waals surface area contributed by atoms with E-state index < -0.39 is 7.14 Å². The molecular weight excluding hydrogens is 379 g/mol. The van der Waals surface area contributed by atoms with E-state index in [1.165, 1.54) is 15.0 Å². The Labute approximate surface area is 171 Å². The smallest absolute Gasteiger partial charge is 0.151 e. The van der Waals surface area contributed by atoms with Gasteiger partial charge in [0, 0.05) is 20.2 Å². The molecule has 0 aliphatic carbocycles. The molecule has 1 nitrogen and oxygen atoms in total. The maximum Gasteiger partial charge on any atom is 0.151 e. The summed E-state index contributed by atoms with van der Waals surface area (Å²) in [7, 11) is -2.83. The van der Waals surface area contributed by atoms with Crippen molar-refractivity contribution in [2.24, 2.45) is 0 Å². The highest BCUT2D eigenvalue weighted by atomic mass is 32.1. The van der Waals surface area contributed by atoms with Gasteiger partial charge in [0.15, 0.2) is 7.14 Å². The van der Waals surface area contributed by atoms with Crippen molar-refractivity contribution in [3.63, 3.8) is 0 Å². The summed E-state index contributed by atoms with van der Waals surface area (Å²) in [5.74, 6) is 0. The van der Waals surface area contributed by atoms with Gasteiger partial charge in [0.2, 0.25) is 0 Å². The largest absolute Gasteiger partial charge is 0.313 e. The minimum absolute atomic E-state index is 0.00894. The van der Waals surface area contributed by atoms with E-state index in [9.17, 15) is 4.57 Å². The highest BCUT2D eigenvalue weighted by Crippen LogP contribution is 2.60. The number of fused-ring (bicyclic) bond motifs is 1. The first kappa shape index (κ1) is 19.2. The summed E-state index contributed by atoms with van der Waals surface area (Å²) < 4.78 is 16.2. The average molecular weight is 405 g/mol. The van der Waals surface area contributed by atoms with E-state index in [4.69, 9.17) is 0 Å². The van der Waals surface area contributed by atoms with Crippen molar-refractivity contribution in [2.75, 3.05) is 0 Å². The highest BCUT2D eigenvalue weighted by Gasteiger charge is 2.38. The third kappa shape index (κ3) is 3.60. The molecule has 0 amide bonds. The van der Waals surface area contributed by atoms with Crippen LogP contribution in [0.1, 0.15) is 36.7 Å². The molecule has 0 N–H and O–H groups in total. The molecule has 0 saturated heterocycles. The fraction of sp³-hybridized carbons (Fsp3) is 0.200. The van der Waals surface area contributed by atoms with E-state index in [2.05, 4.69) is 37.3 Å². The van der Waals surface area contributed by atoms with Crippen molar-refractivity contribution in [2.45, 2.75) is 31.8 Å². The van der Waals surface area contributed by atoms with E-state index in [-0.39, 0.29) is 5.66 Å². The topological polar surface area (TPSA) is 17.1 Å². The summed E-state index contributed by atoms with van der Waals surface area (Å²) in [5, 5.41) is 3.16. The molecule has 3 aromatic carbocycles. The lowest BCUT2D eigenvalue weighted by molar-refractivity contribution is 0.570. The second kappa shape index (κ2) is 8.47. The second-order valence-corrected chi connectivity index (χ2v) is 11.3. The zero-order valence-corrected chi connectivity index (χ0v) is 17.8. The van der Waals surface area contributed by atoms with Gasteiger partial charge in [-0.25, -0.2) is 0 Å². The van der Waals surface area contributed by atoms with Gasteiger partial charge in [-0.2, -0.15) is 0 Å². The molecule has 0 fully saturated rings. The van der Waals surface area contributed by atoms with Gasteiger partial charge in [-0.1, -0.05) is 98.6 Å². The van der Waals surface area contributed by atoms with Crippen LogP contribution in [-0.2, 0) is 4.57 Å². The fourth-order valence-corrected chi connectivity index (χ4v) is 8.79. The lowest BCUT2D eigenvalue weighted by Gasteiger charge is -2.28. The Morgan fingerprint density at radius 1 is 0.821 bits per heavy atom. The fourth-order valence-electron chi connectivity index (χ4n) is 3.88. The summed E-state index contributed by atoms with van der Waals surface area (Å²) in [6.45, 7) is 2.21. The molecule has 4 aromatic rings. The Morgan fingerprint density at radius 3 is 1.96 bits per heavy atom. The Hall–Kier alpha value is -2.15. The Morgan fingerprint density at radius 2 is 1.39 bits per heavy atom. The van der Waals surface area contributed by atoms with Crippen molar-refractivity contribution in [3.8, 4) is 0 Å². The zero-order chi connectivity index (χ0) is 19.4. The normalized spacial score (nSPS) is 12.9. The molecule has 0 saturated carbocycles. The molecule has 1 unspecified atom stereocenters. The summed E-state index contributed by atoms with van der Waals surface area (Å²) in [6, 6.07) is 30.9. The van der Waals surface area contributed by atoms with Crippen LogP contribution < -0.4 is 10.6 Å². The maximum absolute atomic E-state index is 14.9. The summed E-state index contributed by atoms with van der Waals surface area (Å²) in [5.41, 5.74) is 0.00894. The number of rotatable bonds is 7. The van der Waals surface area contributed by atoms with Gasteiger partial charge in [-0.15, -0.1) is 11.3 Å². The van der Waals surface area contributed by atoms with Crippen LogP contribution in [0.3, 0.4) is 0 Å². The first-order valence-corrected chi connectivity index (χ1v) is 12.5. The van der Waals surface area contributed by atoms with Gasteiger partial charge < -0.3 is 4.57 Å². The zero-order valence-electron chi connectivity index (χ0n) is 16.1. The van der Waals surface area contributed by atoms with Gasteiger partial charge in [0.05, 0.1) is 5.66 Å². The molecule has 1 aromatic heterocycles. The number of hydrogen-bond acceptors (Lipinski definition) is 2. The third-order valence-electron chi connectivity index (χ3n) is 5.32. The minimum atomic E-state index is -2.83. The molecular formula is C25H25OPS. The van der Waals surface area contributed by atoms with E-state index in [1.54, 1.807) is 11.3 Å². The highest BCUT2D eigenvalue weighted by molar-refractivity contribution is 7.79. The Kier molecular flexibility index (Phi) is 5.80. The molecule has 1 atom stereocenters. The number of hydrogen-bond donors (Lipinski definition) is 0. The van der Waals surface area contributed by atoms with Crippen molar-refractivity contribution >= 4 is 39.2 Å². The molecule has 28 heavy (non-hydrogen) atoms. The molecule has 0 aliphatic heterocycles. The predicted octanol–water partition coefficient (Wildman–Crippen LogP) is 7.15. The first-order chi connectivity index (χ1) is 13.7. The average Bonchev–Trinajstić information content (AvgIpc) is 3.19. The minimum Gasteiger partial charge on any atom is -0.313 e. The Balaban J connectivity index is 1.92. The van der Waals surface area contributed by atoms with Crippen LogP contribution in [0.2, 0.25) is 0 Å². The van der Waals surface area contributed by atoms with Gasteiger partial charge in [0.1, 0.15) is 0 Å². The van der Waals surface area contributed by atoms with Crippen molar-refractivity contribution in [3.05, 3.63) is 95.9 Å².